The van der Waals surface area contributed by atoms with Crippen molar-refractivity contribution in [2.24, 2.45) is 0 Å². The minimum absolute atomic E-state index is 0.196. The Labute approximate surface area is 139 Å². The van der Waals surface area contributed by atoms with Crippen molar-refractivity contribution in [2.45, 2.75) is 52.7 Å². The Bertz CT molecular complexity index is 558. The van der Waals surface area contributed by atoms with Gasteiger partial charge in [0.05, 0.1) is 16.8 Å². The maximum absolute atomic E-state index is 12.1. The number of anilines is 1. The minimum Gasteiger partial charge on any atom is -0.399 e. The standard InChI is InChI=1S/C14H22BN3O3.C2H6/c1-13(2)14(3,4)21-15(20-13)9-7-10(11(16)17-8-9)12(19)18(5)6;1-2/h7-8H,1-6H3,(H2,16,17);1-2H3. The van der Waals surface area contributed by atoms with E-state index in [-0.39, 0.29) is 11.7 Å². The van der Waals surface area contributed by atoms with E-state index in [0.717, 1.165) is 0 Å². The van der Waals surface area contributed by atoms with Crippen molar-refractivity contribution in [3.63, 3.8) is 0 Å². The van der Waals surface area contributed by atoms with Crippen LogP contribution < -0.4 is 11.2 Å². The van der Waals surface area contributed by atoms with Crippen molar-refractivity contribution in [1.82, 2.24) is 9.88 Å². The van der Waals surface area contributed by atoms with Crippen LogP contribution in [-0.4, -0.2) is 48.2 Å². The van der Waals surface area contributed by atoms with E-state index in [1.165, 1.54) is 4.90 Å². The summed E-state index contributed by atoms with van der Waals surface area (Å²) in [6.07, 6.45) is 1.59. The number of nitrogens with two attached hydrogens (primary N) is 1. The Balaban J connectivity index is 0.00000127. The van der Waals surface area contributed by atoms with Crippen molar-refractivity contribution in [1.29, 1.82) is 0 Å². The van der Waals surface area contributed by atoms with Crippen LogP contribution in [0.2, 0.25) is 0 Å². The van der Waals surface area contributed by atoms with E-state index in [9.17, 15) is 4.79 Å². The largest absolute Gasteiger partial charge is 0.496 e. The molecule has 6 nitrogen and oxygen atoms in total. The van der Waals surface area contributed by atoms with Crippen molar-refractivity contribution >= 4 is 24.3 Å². The summed E-state index contributed by atoms with van der Waals surface area (Å²) in [6, 6.07) is 1.69. The van der Waals surface area contributed by atoms with Gasteiger partial charge in [-0.05, 0) is 33.8 Å². The summed E-state index contributed by atoms with van der Waals surface area (Å²) in [7, 11) is 2.78. The summed E-state index contributed by atoms with van der Waals surface area (Å²) in [5.74, 6) is 0.00679. The van der Waals surface area contributed by atoms with Gasteiger partial charge in [-0.15, -0.1) is 0 Å². The molecule has 0 aromatic carbocycles. The lowest BCUT2D eigenvalue weighted by molar-refractivity contribution is 0.00578. The highest BCUT2D eigenvalue weighted by molar-refractivity contribution is 6.62. The molecule has 1 saturated heterocycles. The fourth-order valence-corrected chi connectivity index (χ4v) is 2.01. The van der Waals surface area contributed by atoms with Crippen LogP contribution in [0.1, 0.15) is 51.9 Å². The molecule has 0 unspecified atom stereocenters. The number of nitrogens with zero attached hydrogens (tertiary/aromatic N) is 2. The van der Waals surface area contributed by atoms with Gasteiger partial charge in [-0.1, -0.05) is 13.8 Å². The van der Waals surface area contributed by atoms with Gasteiger partial charge in [-0.2, -0.15) is 0 Å². The van der Waals surface area contributed by atoms with E-state index in [0.29, 0.717) is 11.0 Å². The first-order valence-electron chi connectivity index (χ1n) is 7.88. The van der Waals surface area contributed by atoms with Crippen LogP contribution in [0.15, 0.2) is 12.3 Å². The predicted octanol–water partition coefficient (Wildman–Crippen LogP) is 1.69. The number of amides is 1. The number of nitrogen functional groups attached to an aromatic ring is 1. The number of pyridine rings is 1. The molecule has 2 heterocycles. The molecule has 0 spiro atoms. The van der Waals surface area contributed by atoms with Gasteiger partial charge >= 0.3 is 7.12 Å². The van der Waals surface area contributed by atoms with E-state index < -0.39 is 18.3 Å². The van der Waals surface area contributed by atoms with Gasteiger partial charge in [0, 0.05) is 25.8 Å². The third kappa shape index (κ3) is 3.84. The maximum atomic E-state index is 12.1. The summed E-state index contributed by atoms with van der Waals surface area (Å²) in [6.45, 7) is 11.9. The average Bonchev–Trinajstić information content (AvgIpc) is 2.69. The number of carbonyl (C=O) groups is 1. The first-order chi connectivity index (χ1) is 10.5. The first kappa shape index (κ1) is 19.5. The van der Waals surface area contributed by atoms with Gasteiger partial charge in [-0.3, -0.25) is 4.79 Å². The molecule has 0 radical (unpaired) electrons. The monoisotopic (exact) mass is 321 g/mol. The Kier molecular flexibility index (Phi) is 5.82. The normalized spacial score (nSPS) is 18.2. The molecular formula is C16H28BN3O3. The third-order valence-corrected chi connectivity index (χ3v) is 4.10. The highest BCUT2D eigenvalue weighted by atomic mass is 16.7. The molecule has 1 aromatic heterocycles. The van der Waals surface area contributed by atoms with E-state index in [4.69, 9.17) is 15.0 Å². The van der Waals surface area contributed by atoms with Gasteiger partial charge in [-0.25, -0.2) is 4.98 Å². The quantitative estimate of drug-likeness (QED) is 0.839. The molecule has 23 heavy (non-hydrogen) atoms. The van der Waals surface area contributed by atoms with Crippen LogP contribution in [0.25, 0.3) is 0 Å². The van der Waals surface area contributed by atoms with Crippen LogP contribution >= 0.6 is 0 Å². The molecule has 1 amide bonds. The molecule has 7 heteroatoms. The molecule has 2 rings (SSSR count). The van der Waals surface area contributed by atoms with Gasteiger partial charge in [0.15, 0.2) is 0 Å². The van der Waals surface area contributed by atoms with Gasteiger partial charge in [0.2, 0.25) is 0 Å². The molecule has 1 fully saturated rings. The zero-order valence-electron chi connectivity index (χ0n) is 15.4. The molecule has 0 atom stereocenters. The Morgan fingerprint density at radius 1 is 1.17 bits per heavy atom. The smallest absolute Gasteiger partial charge is 0.399 e. The second-order valence-corrected chi connectivity index (χ2v) is 6.49. The molecule has 1 aliphatic rings. The third-order valence-electron chi connectivity index (χ3n) is 4.10. The summed E-state index contributed by atoms with van der Waals surface area (Å²) in [5, 5.41) is 0. The summed E-state index contributed by atoms with van der Waals surface area (Å²) < 4.78 is 11.9. The molecule has 1 aromatic rings. The maximum Gasteiger partial charge on any atom is 0.496 e. The van der Waals surface area contributed by atoms with Crippen LogP contribution in [0, 0.1) is 0 Å². The topological polar surface area (TPSA) is 77.7 Å². The SMILES string of the molecule is CC.CN(C)C(=O)c1cc(B2OC(C)(C)C(C)(C)O2)cnc1N. The zero-order valence-corrected chi connectivity index (χ0v) is 15.4. The van der Waals surface area contributed by atoms with Crippen LogP contribution in [0.3, 0.4) is 0 Å². The summed E-state index contributed by atoms with van der Waals surface area (Å²) in [5.41, 5.74) is 5.96. The zero-order chi connectivity index (χ0) is 18.0. The van der Waals surface area contributed by atoms with Crippen molar-refractivity contribution in [3.05, 3.63) is 17.8 Å². The second-order valence-electron chi connectivity index (χ2n) is 6.49. The molecule has 2 N–H and O–H groups in total. The number of hydrogen-bond acceptors (Lipinski definition) is 5. The van der Waals surface area contributed by atoms with Crippen molar-refractivity contribution < 1.29 is 14.1 Å². The molecule has 1 aliphatic heterocycles. The van der Waals surface area contributed by atoms with Crippen LogP contribution in [0.4, 0.5) is 5.82 Å². The summed E-state index contributed by atoms with van der Waals surface area (Å²) in [4.78, 5) is 17.7. The highest BCUT2D eigenvalue weighted by Crippen LogP contribution is 2.36. The van der Waals surface area contributed by atoms with E-state index in [1.54, 1.807) is 26.4 Å². The van der Waals surface area contributed by atoms with Crippen LogP contribution in [-0.2, 0) is 9.31 Å². The summed E-state index contributed by atoms with van der Waals surface area (Å²) >= 11 is 0. The number of aromatic nitrogens is 1. The fourth-order valence-electron chi connectivity index (χ4n) is 2.01. The van der Waals surface area contributed by atoms with Gasteiger partial charge < -0.3 is 19.9 Å². The van der Waals surface area contributed by atoms with Gasteiger partial charge in [0.1, 0.15) is 5.82 Å². The lowest BCUT2D eigenvalue weighted by atomic mass is 9.79. The van der Waals surface area contributed by atoms with Crippen molar-refractivity contribution in [3.8, 4) is 0 Å². The molecule has 0 aliphatic carbocycles. The second kappa shape index (κ2) is 6.89. The minimum atomic E-state index is -0.559. The molecule has 0 bridgehead atoms. The van der Waals surface area contributed by atoms with Crippen LogP contribution in [0.5, 0.6) is 0 Å². The van der Waals surface area contributed by atoms with E-state index >= 15 is 0 Å². The van der Waals surface area contributed by atoms with Crippen molar-refractivity contribution in [2.75, 3.05) is 19.8 Å². The van der Waals surface area contributed by atoms with E-state index in [1.807, 2.05) is 41.5 Å². The molecule has 128 valence electrons. The lowest BCUT2D eigenvalue weighted by Gasteiger charge is -2.32. The molecule has 0 saturated carbocycles. The predicted molar refractivity (Wildman–Crippen MR) is 93.7 cm³/mol. The Morgan fingerprint density at radius 3 is 2.09 bits per heavy atom. The number of hydrogen-bond donors (Lipinski definition) is 1. The Morgan fingerprint density at radius 2 is 1.65 bits per heavy atom. The van der Waals surface area contributed by atoms with Gasteiger partial charge in [0.25, 0.3) is 5.91 Å². The Hall–Kier alpha value is -1.60. The number of carbonyl (C=O) groups excluding carboxylic acids is 1. The lowest BCUT2D eigenvalue weighted by Crippen LogP contribution is -2.41. The highest BCUT2D eigenvalue weighted by Gasteiger charge is 2.51. The number of rotatable bonds is 2. The fraction of sp³-hybridized carbons (Fsp3) is 0.625. The molecular weight excluding hydrogens is 293 g/mol. The first-order valence-corrected chi connectivity index (χ1v) is 7.88. The van der Waals surface area contributed by atoms with E-state index in [2.05, 4.69) is 4.98 Å². The average molecular weight is 321 g/mol.